The topological polar surface area (TPSA) is 157 Å². The van der Waals surface area contributed by atoms with E-state index in [-0.39, 0.29) is 11.4 Å². The molecular formula is C25H32N6O6S. The number of anilines is 1. The van der Waals surface area contributed by atoms with Crippen LogP contribution >= 0.6 is 0 Å². The van der Waals surface area contributed by atoms with Gasteiger partial charge in [0.2, 0.25) is 10.0 Å². The number of sulfonamides is 1. The van der Waals surface area contributed by atoms with Gasteiger partial charge in [0.25, 0.3) is 0 Å². The number of piperidine rings is 1. The molecular weight excluding hydrogens is 512 g/mol. The molecule has 1 saturated heterocycles. The van der Waals surface area contributed by atoms with Gasteiger partial charge in [-0.1, -0.05) is 17.7 Å². The molecule has 1 aliphatic heterocycles. The first-order valence-electron chi connectivity index (χ1n) is 12.3. The standard InChI is InChI=1S/C25H32N6O6S/c1-16-5-7-18(8-6-16)38(35,36)29-19(24(34)37-25(2,3)4)13-31-15-28-20-21(26-14-27-22(20)31)30-11-9-17(10-12-30)23(32)33/h5-8,14-15,17,19,29H,9-13H2,1-4H3,(H,32,33). The van der Waals surface area contributed by atoms with E-state index in [0.717, 1.165) is 5.56 Å². The second kappa shape index (κ2) is 10.7. The number of benzene rings is 1. The minimum absolute atomic E-state index is 0.0292. The maximum Gasteiger partial charge on any atom is 0.326 e. The van der Waals surface area contributed by atoms with Gasteiger partial charge in [0.1, 0.15) is 18.0 Å². The molecule has 0 bridgehead atoms. The number of aliphatic carboxylic acids is 1. The molecule has 3 aromatic rings. The molecule has 12 nitrogen and oxygen atoms in total. The summed E-state index contributed by atoms with van der Waals surface area (Å²) in [7, 11) is -4.04. The van der Waals surface area contributed by atoms with Crippen molar-refractivity contribution in [1.82, 2.24) is 24.2 Å². The highest BCUT2D eigenvalue weighted by Crippen LogP contribution is 2.27. The van der Waals surface area contributed by atoms with Gasteiger partial charge in [-0.15, -0.1) is 0 Å². The van der Waals surface area contributed by atoms with E-state index in [9.17, 15) is 23.1 Å². The zero-order valence-electron chi connectivity index (χ0n) is 21.8. The van der Waals surface area contributed by atoms with Crippen molar-refractivity contribution in [2.24, 2.45) is 5.92 Å². The second-order valence-corrected chi connectivity index (χ2v) is 12.1. The number of hydrogen-bond donors (Lipinski definition) is 2. The van der Waals surface area contributed by atoms with E-state index < -0.39 is 39.5 Å². The van der Waals surface area contributed by atoms with Crippen LogP contribution in [0, 0.1) is 12.8 Å². The van der Waals surface area contributed by atoms with E-state index >= 15 is 0 Å². The average molecular weight is 545 g/mol. The fraction of sp³-hybridized carbons (Fsp3) is 0.480. The first-order chi connectivity index (χ1) is 17.8. The van der Waals surface area contributed by atoms with Gasteiger partial charge in [0.15, 0.2) is 17.0 Å². The zero-order valence-corrected chi connectivity index (χ0v) is 22.6. The van der Waals surface area contributed by atoms with E-state index in [0.29, 0.717) is 42.9 Å². The molecule has 1 aliphatic rings. The molecule has 2 aromatic heterocycles. The van der Waals surface area contributed by atoms with Crippen LogP contribution < -0.4 is 9.62 Å². The van der Waals surface area contributed by atoms with Gasteiger partial charge >= 0.3 is 11.9 Å². The summed E-state index contributed by atoms with van der Waals surface area (Å²) in [6.45, 7) is 7.86. The van der Waals surface area contributed by atoms with Crippen molar-refractivity contribution < 1.29 is 27.9 Å². The van der Waals surface area contributed by atoms with Crippen molar-refractivity contribution in [1.29, 1.82) is 0 Å². The van der Waals surface area contributed by atoms with Crippen LogP contribution in [0.25, 0.3) is 11.2 Å². The van der Waals surface area contributed by atoms with Gasteiger partial charge < -0.3 is 19.3 Å². The van der Waals surface area contributed by atoms with Crippen LogP contribution in [0.5, 0.6) is 0 Å². The molecule has 1 aromatic carbocycles. The molecule has 204 valence electrons. The van der Waals surface area contributed by atoms with Gasteiger partial charge in [-0.3, -0.25) is 9.59 Å². The van der Waals surface area contributed by atoms with Crippen molar-refractivity contribution in [2.45, 2.75) is 63.6 Å². The molecule has 1 unspecified atom stereocenters. The number of nitrogens with zero attached hydrogens (tertiary/aromatic N) is 5. The number of nitrogens with one attached hydrogen (secondary N) is 1. The Hall–Kier alpha value is -3.58. The molecule has 2 N–H and O–H groups in total. The number of carboxylic acids is 1. The lowest BCUT2D eigenvalue weighted by Crippen LogP contribution is -2.46. The Kier molecular flexibility index (Phi) is 7.70. The number of esters is 1. The molecule has 13 heteroatoms. The number of aromatic nitrogens is 4. The van der Waals surface area contributed by atoms with Gasteiger partial charge in [-0.25, -0.2) is 23.4 Å². The lowest BCUT2D eigenvalue weighted by atomic mass is 9.97. The van der Waals surface area contributed by atoms with E-state index in [1.807, 2.05) is 11.8 Å². The smallest absolute Gasteiger partial charge is 0.326 e. The van der Waals surface area contributed by atoms with Crippen LogP contribution in [-0.4, -0.2) is 69.7 Å². The first kappa shape index (κ1) is 27.5. The number of fused-ring (bicyclic) bond motifs is 1. The number of carbonyl (C=O) groups is 2. The molecule has 1 atom stereocenters. The largest absolute Gasteiger partial charge is 0.481 e. The van der Waals surface area contributed by atoms with Crippen molar-refractivity contribution >= 4 is 38.9 Å². The Morgan fingerprint density at radius 2 is 1.79 bits per heavy atom. The van der Waals surface area contributed by atoms with Gasteiger partial charge in [0, 0.05) is 13.1 Å². The fourth-order valence-electron chi connectivity index (χ4n) is 4.27. The monoisotopic (exact) mass is 544 g/mol. The predicted molar refractivity (Wildman–Crippen MR) is 139 cm³/mol. The molecule has 0 amide bonds. The van der Waals surface area contributed by atoms with Crippen LogP contribution in [0.3, 0.4) is 0 Å². The predicted octanol–water partition coefficient (Wildman–Crippen LogP) is 2.12. The summed E-state index contributed by atoms with van der Waals surface area (Å²) in [6, 6.07) is 5.05. The summed E-state index contributed by atoms with van der Waals surface area (Å²) in [5.74, 6) is -1.37. The number of hydrogen-bond acceptors (Lipinski definition) is 9. The highest BCUT2D eigenvalue weighted by Gasteiger charge is 2.32. The number of carbonyl (C=O) groups excluding carboxylic acids is 1. The molecule has 38 heavy (non-hydrogen) atoms. The maximum absolute atomic E-state index is 13.1. The third-order valence-electron chi connectivity index (χ3n) is 6.22. The van der Waals surface area contributed by atoms with Crippen LogP contribution in [0.4, 0.5) is 5.82 Å². The van der Waals surface area contributed by atoms with Gasteiger partial charge in [-0.05, 0) is 52.7 Å². The van der Waals surface area contributed by atoms with Crippen molar-refractivity contribution in [2.75, 3.05) is 18.0 Å². The van der Waals surface area contributed by atoms with Gasteiger partial charge in [-0.2, -0.15) is 4.72 Å². The Labute approximate surface area is 221 Å². The van der Waals surface area contributed by atoms with E-state index in [1.54, 1.807) is 37.5 Å². The van der Waals surface area contributed by atoms with Crippen molar-refractivity contribution in [3.8, 4) is 0 Å². The summed E-state index contributed by atoms with van der Waals surface area (Å²) in [5.41, 5.74) is 0.961. The van der Waals surface area contributed by atoms with Crippen molar-refractivity contribution in [3.05, 3.63) is 42.5 Å². The Morgan fingerprint density at radius 1 is 1.13 bits per heavy atom. The Morgan fingerprint density at radius 3 is 2.39 bits per heavy atom. The summed E-state index contributed by atoms with van der Waals surface area (Å²) in [6.07, 6.45) is 3.83. The van der Waals surface area contributed by atoms with Crippen LogP contribution in [0.2, 0.25) is 0 Å². The third kappa shape index (κ3) is 6.27. The zero-order chi connectivity index (χ0) is 27.7. The number of imidazole rings is 1. The van der Waals surface area contributed by atoms with Crippen LogP contribution in [0.1, 0.15) is 39.2 Å². The summed E-state index contributed by atoms with van der Waals surface area (Å²) >= 11 is 0. The number of aryl methyl sites for hydroxylation is 1. The Balaban J connectivity index is 1.62. The summed E-state index contributed by atoms with van der Waals surface area (Å²) in [4.78, 5) is 39.6. The lowest BCUT2D eigenvalue weighted by molar-refractivity contribution is -0.157. The molecule has 4 rings (SSSR count). The Bertz CT molecular complexity index is 1420. The SMILES string of the molecule is Cc1ccc(S(=O)(=O)NC(Cn2cnc3c(N4CCC(C(=O)O)CC4)ncnc32)C(=O)OC(C)(C)C)cc1. The highest BCUT2D eigenvalue weighted by molar-refractivity contribution is 7.89. The molecule has 0 radical (unpaired) electrons. The molecule has 0 aliphatic carbocycles. The number of ether oxygens (including phenoxy) is 1. The average Bonchev–Trinajstić information content (AvgIpc) is 3.25. The molecule has 3 heterocycles. The van der Waals surface area contributed by atoms with Crippen LogP contribution in [0.15, 0.2) is 41.8 Å². The highest BCUT2D eigenvalue weighted by atomic mass is 32.2. The summed E-state index contributed by atoms with van der Waals surface area (Å²) in [5, 5.41) is 9.29. The molecule has 0 spiro atoms. The molecule has 1 fully saturated rings. The first-order valence-corrected chi connectivity index (χ1v) is 13.8. The van der Waals surface area contributed by atoms with E-state index in [1.165, 1.54) is 24.8 Å². The van der Waals surface area contributed by atoms with E-state index in [2.05, 4.69) is 19.7 Å². The number of carboxylic acid groups (broad SMARTS) is 1. The minimum Gasteiger partial charge on any atom is -0.481 e. The maximum atomic E-state index is 13.1. The quantitative estimate of drug-likeness (QED) is 0.403. The minimum atomic E-state index is -4.04. The van der Waals surface area contributed by atoms with Crippen LogP contribution in [-0.2, 0) is 30.9 Å². The second-order valence-electron chi connectivity index (χ2n) is 10.4. The molecule has 0 saturated carbocycles. The number of rotatable bonds is 8. The fourth-order valence-corrected chi connectivity index (χ4v) is 5.45. The normalized spacial score (nSPS) is 15.9. The van der Waals surface area contributed by atoms with Gasteiger partial charge in [0.05, 0.1) is 23.7 Å². The third-order valence-corrected chi connectivity index (χ3v) is 7.71. The summed E-state index contributed by atoms with van der Waals surface area (Å²) < 4.78 is 35.9. The lowest BCUT2D eigenvalue weighted by Gasteiger charge is -2.30. The van der Waals surface area contributed by atoms with E-state index in [4.69, 9.17) is 4.74 Å². The van der Waals surface area contributed by atoms with Crippen molar-refractivity contribution in [3.63, 3.8) is 0 Å².